The number of carbonyl (C=O) groups excluding carboxylic acids is 2. The number of amides is 2. The highest BCUT2D eigenvalue weighted by molar-refractivity contribution is 9.11. The van der Waals surface area contributed by atoms with Gasteiger partial charge >= 0.3 is 0 Å². The van der Waals surface area contributed by atoms with Crippen LogP contribution < -0.4 is 10.7 Å². The first-order valence-electron chi connectivity index (χ1n) is 8.35. The van der Waals surface area contributed by atoms with E-state index in [0.29, 0.717) is 30.1 Å². The number of anilines is 1. The summed E-state index contributed by atoms with van der Waals surface area (Å²) in [4.78, 5) is 30.1. The lowest BCUT2D eigenvalue weighted by atomic mass is 10.1. The number of pyridine rings is 1. The minimum atomic E-state index is -0.501. The Morgan fingerprint density at radius 3 is 2.60 bits per heavy atom. The van der Waals surface area contributed by atoms with Crippen LogP contribution in [0.4, 0.5) is 5.69 Å². The second kappa shape index (κ2) is 9.56. The molecule has 2 aromatic heterocycles. The second-order valence-corrected chi connectivity index (χ2v) is 8.91. The van der Waals surface area contributed by atoms with Crippen molar-refractivity contribution < 1.29 is 9.59 Å². The van der Waals surface area contributed by atoms with Crippen LogP contribution in [0.1, 0.15) is 20.8 Å². The zero-order valence-electron chi connectivity index (χ0n) is 15.6. The predicted molar refractivity (Wildman–Crippen MR) is 125 cm³/mol. The van der Waals surface area contributed by atoms with Crippen molar-refractivity contribution in [3.8, 4) is 5.82 Å². The van der Waals surface area contributed by atoms with Gasteiger partial charge in [0.2, 0.25) is 0 Å². The fraction of sp³-hybridized carbons (Fsp3) is 0.111. The van der Waals surface area contributed by atoms with Gasteiger partial charge in [0, 0.05) is 35.3 Å². The number of nitrogens with zero attached hydrogens (tertiary/aromatic N) is 4. The summed E-state index contributed by atoms with van der Waals surface area (Å²) in [5, 5.41) is 8.69. The highest BCUT2D eigenvalue weighted by atomic mass is 79.9. The molecule has 30 heavy (non-hydrogen) atoms. The maximum Gasteiger partial charge on any atom is 0.274 e. The van der Waals surface area contributed by atoms with E-state index >= 15 is 0 Å². The van der Waals surface area contributed by atoms with Crippen LogP contribution >= 0.6 is 59.4 Å². The topological polar surface area (TPSA) is 92.2 Å². The first kappa shape index (κ1) is 22.9. The van der Waals surface area contributed by atoms with Crippen LogP contribution in [-0.2, 0) is 0 Å². The van der Waals surface area contributed by atoms with Crippen molar-refractivity contribution in [2.45, 2.75) is 0 Å². The Bertz CT molecular complexity index is 1140. The first-order valence-corrected chi connectivity index (χ1v) is 11.1. The Kier molecular flexibility index (Phi) is 7.30. The molecule has 2 heterocycles. The van der Waals surface area contributed by atoms with Crippen LogP contribution in [0.5, 0.6) is 0 Å². The van der Waals surface area contributed by atoms with E-state index in [2.05, 4.69) is 68.6 Å². The summed E-state index contributed by atoms with van der Waals surface area (Å²) in [6.45, 7) is 0. The number of halogens is 4. The number of benzene rings is 1. The summed E-state index contributed by atoms with van der Waals surface area (Å²) in [5.74, 6) is -0.535. The average molecular weight is 622 g/mol. The number of hydrogen-bond donors (Lipinski definition) is 2. The third-order valence-corrected chi connectivity index (χ3v) is 5.78. The van der Waals surface area contributed by atoms with Crippen molar-refractivity contribution >= 4 is 76.9 Å². The van der Waals surface area contributed by atoms with Crippen LogP contribution in [0, 0.1) is 0 Å². The average Bonchev–Trinajstić information content (AvgIpc) is 3.10. The molecule has 8 nitrogen and oxygen atoms in total. The maximum absolute atomic E-state index is 13.1. The minimum absolute atomic E-state index is 0.178. The van der Waals surface area contributed by atoms with Crippen LogP contribution in [0.3, 0.4) is 0 Å². The smallest absolute Gasteiger partial charge is 0.274 e. The molecule has 0 aliphatic heterocycles. The summed E-state index contributed by atoms with van der Waals surface area (Å²) in [7, 11) is 3.20. The van der Waals surface area contributed by atoms with Crippen LogP contribution in [0.15, 0.2) is 50.1 Å². The quantitative estimate of drug-likeness (QED) is 0.405. The number of nitrogens with one attached hydrogen (secondary N) is 2. The zero-order valence-corrected chi connectivity index (χ0v) is 21.1. The van der Waals surface area contributed by atoms with Crippen molar-refractivity contribution in [1.29, 1.82) is 0 Å². The van der Waals surface area contributed by atoms with E-state index in [0.717, 1.165) is 0 Å². The van der Waals surface area contributed by atoms with Gasteiger partial charge in [0.15, 0.2) is 5.82 Å². The third kappa shape index (κ3) is 4.75. The molecule has 0 fully saturated rings. The van der Waals surface area contributed by atoms with E-state index < -0.39 is 5.91 Å². The van der Waals surface area contributed by atoms with Crippen molar-refractivity contribution in [2.24, 2.45) is 0 Å². The molecule has 0 bridgehead atoms. The van der Waals surface area contributed by atoms with Crippen LogP contribution in [0.25, 0.3) is 5.82 Å². The Labute approximate surface area is 202 Å². The van der Waals surface area contributed by atoms with Gasteiger partial charge in [-0.05, 0) is 56.1 Å². The molecular weight excluding hydrogens is 607 g/mol. The zero-order chi connectivity index (χ0) is 22.0. The molecule has 0 atom stereocenters. The fourth-order valence-corrected chi connectivity index (χ4v) is 4.44. The van der Waals surface area contributed by atoms with E-state index in [1.165, 1.54) is 15.8 Å². The van der Waals surface area contributed by atoms with Crippen molar-refractivity contribution in [1.82, 2.24) is 25.2 Å². The van der Waals surface area contributed by atoms with Gasteiger partial charge in [0.25, 0.3) is 11.8 Å². The molecule has 1 aromatic carbocycles. The highest BCUT2D eigenvalue weighted by Gasteiger charge is 2.23. The Hall–Kier alpha value is -1.79. The van der Waals surface area contributed by atoms with Gasteiger partial charge in [0.05, 0.1) is 16.3 Å². The SMILES string of the molecule is CNN(C)C(=O)c1cc(Br)cc(Br)c1NC(=O)c1cc(Br)nn1-c1ncccc1Cl. The molecule has 156 valence electrons. The molecule has 2 N–H and O–H groups in total. The molecular formula is C18H14Br3ClN6O2. The summed E-state index contributed by atoms with van der Waals surface area (Å²) in [6, 6.07) is 8.22. The summed E-state index contributed by atoms with van der Waals surface area (Å²) in [5.41, 5.74) is 3.52. The number of carbonyl (C=O) groups is 2. The maximum atomic E-state index is 13.1. The molecule has 0 spiro atoms. The van der Waals surface area contributed by atoms with Crippen molar-refractivity contribution in [3.63, 3.8) is 0 Å². The molecule has 2 amide bonds. The first-order chi connectivity index (χ1) is 14.2. The molecule has 0 unspecified atom stereocenters. The van der Waals surface area contributed by atoms with E-state index in [1.54, 1.807) is 44.6 Å². The molecule has 0 saturated heterocycles. The van der Waals surface area contributed by atoms with E-state index in [9.17, 15) is 9.59 Å². The number of aromatic nitrogens is 3. The Morgan fingerprint density at radius 1 is 1.20 bits per heavy atom. The predicted octanol–water partition coefficient (Wildman–Crippen LogP) is 4.67. The molecule has 0 aliphatic carbocycles. The normalized spacial score (nSPS) is 10.7. The lowest BCUT2D eigenvalue weighted by molar-refractivity contribution is 0.0736. The highest BCUT2D eigenvalue weighted by Crippen LogP contribution is 2.32. The summed E-state index contributed by atoms with van der Waals surface area (Å²) < 4.78 is 2.96. The molecule has 12 heteroatoms. The lowest BCUT2D eigenvalue weighted by Gasteiger charge is -2.19. The number of rotatable bonds is 5. The van der Waals surface area contributed by atoms with Gasteiger partial charge < -0.3 is 5.32 Å². The van der Waals surface area contributed by atoms with Gasteiger partial charge in [-0.2, -0.15) is 5.10 Å². The van der Waals surface area contributed by atoms with Crippen LogP contribution in [-0.4, -0.2) is 45.7 Å². The largest absolute Gasteiger partial charge is 0.319 e. The summed E-state index contributed by atoms with van der Waals surface area (Å²) in [6.07, 6.45) is 1.55. The fourth-order valence-electron chi connectivity index (χ4n) is 2.54. The number of hydrogen-bond acceptors (Lipinski definition) is 5. The van der Waals surface area contributed by atoms with Gasteiger partial charge in [-0.3, -0.25) is 14.6 Å². The Balaban J connectivity index is 2.04. The molecule has 0 aliphatic rings. The van der Waals surface area contributed by atoms with E-state index in [1.807, 2.05) is 0 Å². The molecule has 3 rings (SSSR count). The Morgan fingerprint density at radius 2 is 1.93 bits per heavy atom. The second-order valence-electron chi connectivity index (χ2n) is 5.93. The van der Waals surface area contributed by atoms with Gasteiger partial charge in [0.1, 0.15) is 10.3 Å². The summed E-state index contributed by atoms with van der Waals surface area (Å²) >= 11 is 16.3. The van der Waals surface area contributed by atoms with Crippen LogP contribution in [0.2, 0.25) is 5.02 Å². The lowest BCUT2D eigenvalue weighted by Crippen LogP contribution is -2.37. The molecule has 0 radical (unpaired) electrons. The van der Waals surface area contributed by atoms with Crippen molar-refractivity contribution in [2.75, 3.05) is 19.4 Å². The minimum Gasteiger partial charge on any atom is -0.319 e. The molecule has 0 saturated carbocycles. The van der Waals surface area contributed by atoms with Crippen molar-refractivity contribution in [3.05, 3.63) is 66.4 Å². The van der Waals surface area contributed by atoms with Gasteiger partial charge in [-0.25, -0.2) is 15.1 Å². The molecule has 3 aromatic rings. The van der Waals surface area contributed by atoms with E-state index in [-0.39, 0.29) is 17.2 Å². The van der Waals surface area contributed by atoms with Gasteiger partial charge in [-0.1, -0.05) is 27.5 Å². The monoisotopic (exact) mass is 618 g/mol. The standard InChI is InChI=1S/C18H14Br3ClN6O2/c1-23-27(2)18(30)10-6-9(19)7-11(20)15(10)25-17(29)13-8-14(21)26-28(13)16-12(22)4-3-5-24-16/h3-8,23H,1-2H3,(H,25,29). The van der Waals surface area contributed by atoms with E-state index in [4.69, 9.17) is 11.6 Å². The number of hydrazine groups is 1. The third-order valence-electron chi connectivity index (χ3n) is 4.02. The van der Waals surface area contributed by atoms with Gasteiger partial charge in [-0.15, -0.1) is 0 Å².